The minimum Gasteiger partial charge on any atom is -0.340 e. The number of nitrogens with one attached hydrogen (secondary N) is 1. The zero-order valence-electron chi connectivity index (χ0n) is 13.2. The van der Waals surface area contributed by atoms with E-state index in [2.05, 4.69) is 10.3 Å². The van der Waals surface area contributed by atoms with Crippen molar-refractivity contribution in [3.63, 3.8) is 0 Å². The summed E-state index contributed by atoms with van der Waals surface area (Å²) in [6, 6.07) is -0.377. The Balaban J connectivity index is 2.18. The van der Waals surface area contributed by atoms with E-state index in [-0.39, 0.29) is 17.9 Å². The van der Waals surface area contributed by atoms with Gasteiger partial charge in [0.25, 0.3) is 0 Å². The van der Waals surface area contributed by atoms with Crippen molar-refractivity contribution in [3.05, 3.63) is 18.2 Å². The lowest BCUT2D eigenvalue weighted by molar-refractivity contribution is -0.154. The number of nitrogens with zero attached hydrogens (tertiary/aromatic N) is 3. The average Bonchev–Trinajstić information content (AvgIpc) is 2.86. The first-order chi connectivity index (χ1) is 9.92. The van der Waals surface area contributed by atoms with Gasteiger partial charge in [-0.2, -0.15) is 0 Å². The molecular weight excluding hydrogens is 268 g/mol. The third-order valence-electron chi connectivity index (χ3n) is 4.40. The average molecular weight is 292 g/mol. The molecule has 1 aromatic rings. The molecule has 0 spiro atoms. The van der Waals surface area contributed by atoms with Gasteiger partial charge in [0.05, 0.1) is 0 Å². The predicted octanol–water partition coefficient (Wildman–Crippen LogP) is 0.868. The van der Waals surface area contributed by atoms with E-state index < -0.39 is 5.54 Å². The van der Waals surface area contributed by atoms with E-state index in [9.17, 15) is 9.59 Å². The molecule has 1 saturated heterocycles. The summed E-state index contributed by atoms with van der Waals surface area (Å²) in [5.74, 6) is 0.869. The van der Waals surface area contributed by atoms with E-state index in [1.807, 2.05) is 31.7 Å². The van der Waals surface area contributed by atoms with Crippen LogP contribution in [-0.4, -0.2) is 44.4 Å². The first kappa shape index (κ1) is 15.5. The highest BCUT2D eigenvalue weighted by Gasteiger charge is 2.46. The second kappa shape index (κ2) is 5.87. The molecular formula is C15H24N4O2. The van der Waals surface area contributed by atoms with Gasteiger partial charge in [-0.15, -0.1) is 0 Å². The van der Waals surface area contributed by atoms with Gasteiger partial charge in [0.1, 0.15) is 17.4 Å². The van der Waals surface area contributed by atoms with Crippen molar-refractivity contribution in [2.75, 3.05) is 6.54 Å². The molecule has 21 heavy (non-hydrogen) atoms. The van der Waals surface area contributed by atoms with Gasteiger partial charge in [0, 0.05) is 32.4 Å². The molecule has 2 heterocycles. The van der Waals surface area contributed by atoms with Gasteiger partial charge in [-0.1, -0.05) is 13.8 Å². The van der Waals surface area contributed by atoms with E-state index in [0.29, 0.717) is 25.8 Å². The maximum atomic E-state index is 12.7. The fourth-order valence-corrected chi connectivity index (χ4v) is 2.77. The van der Waals surface area contributed by atoms with E-state index in [1.165, 1.54) is 0 Å². The Hall–Kier alpha value is -1.85. The SMILES string of the molecule is CCC1C(=O)NC(C)(CC)C(=O)N1CCc1nccn1C. The number of piperazine rings is 1. The van der Waals surface area contributed by atoms with Crippen LogP contribution in [0, 0.1) is 0 Å². The first-order valence-electron chi connectivity index (χ1n) is 7.52. The molecule has 1 aromatic heterocycles. The molecule has 2 atom stereocenters. The molecule has 6 heteroatoms. The van der Waals surface area contributed by atoms with Crippen LogP contribution < -0.4 is 5.32 Å². The number of hydrogen-bond acceptors (Lipinski definition) is 3. The number of carbonyl (C=O) groups excluding carboxylic acids is 2. The molecule has 1 aliphatic heterocycles. The lowest BCUT2D eigenvalue weighted by atomic mass is 9.91. The monoisotopic (exact) mass is 292 g/mol. The van der Waals surface area contributed by atoms with Crippen molar-refractivity contribution in [1.29, 1.82) is 0 Å². The van der Waals surface area contributed by atoms with Crippen LogP contribution in [-0.2, 0) is 23.1 Å². The van der Waals surface area contributed by atoms with Crippen molar-refractivity contribution < 1.29 is 9.59 Å². The molecule has 0 radical (unpaired) electrons. The van der Waals surface area contributed by atoms with Gasteiger partial charge in [0.15, 0.2) is 0 Å². The fraction of sp³-hybridized carbons (Fsp3) is 0.667. The van der Waals surface area contributed by atoms with Crippen LogP contribution in [0.1, 0.15) is 39.4 Å². The van der Waals surface area contributed by atoms with Crippen molar-refractivity contribution in [1.82, 2.24) is 19.8 Å². The fourth-order valence-electron chi connectivity index (χ4n) is 2.77. The van der Waals surface area contributed by atoms with Crippen LogP contribution in [0.25, 0.3) is 0 Å². The summed E-state index contributed by atoms with van der Waals surface area (Å²) < 4.78 is 1.94. The zero-order valence-corrected chi connectivity index (χ0v) is 13.2. The van der Waals surface area contributed by atoms with E-state index in [0.717, 1.165) is 5.82 Å². The van der Waals surface area contributed by atoms with Crippen LogP contribution >= 0.6 is 0 Å². The highest BCUT2D eigenvalue weighted by Crippen LogP contribution is 2.23. The summed E-state index contributed by atoms with van der Waals surface area (Å²) in [5, 5.41) is 2.88. The number of carbonyl (C=O) groups is 2. The topological polar surface area (TPSA) is 67.2 Å². The molecule has 2 amide bonds. The lowest BCUT2D eigenvalue weighted by Gasteiger charge is -2.44. The van der Waals surface area contributed by atoms with Gasteiger partial charge in [-0.25, -0.2) is 4.98 Å². The van der Waals surface area contributed by atoms with Crippen molar-refractivity contribution in [3.8, 4) is 0 Å². The summed E-state index contributed by atoms with van der Waals surface area (Å²) in [6.07, 6.45) is 5.49. The van der Waals surface area contributed by atoms with Gasteiger partial charge in [0.2, 0.25) is 11.8 Å². The Morgan fingerprint density at radius 3 is 2.62 bits per heavy atom. The second-order valence-electron chi connectivity index (χ2n) is 5.80. The van der Waals surface area contributed by atoms with Gasteiger partial charge < -0.3 is 14.8 Å². The number of rotatable bonds is 5. The Bertz CT molecular complexity index is 540. The van der Waals surface area contributed by atoms with Crippen molar-refractivity contribution >= 4 is 11.8 Å². The second-order valence-corrected chi connectivity index (χ2v) is 5.80. The Morgan fingerprint density at radius 2 is 2.10 bits per heavy atom. The Morgan fingerprint density at radius 1 is 1.38 bits per heavy atom. The number of amides is 2. The zero-order chi connectivity index (χ0) is 15.6. The van der Waals surface area contributed by atoms with Crippen LogP contribution in [0.4, 0.5) is 0 Å². The number of imidazole rings is 1. The van der Waals surface area contributed by atoms with E-state index >= 15 is 0 Å². The first-order valence-corrected chi connectivity index (χ1v) is 7.52. The third-order valence-corrected chi connectivity index (χ3v) is 4.40. The smallest absolute Gasteiger partial charge is 0.248 e. The molecule has 6 nitrogen and oxygen atoms in total. The normalized spacial score (nSPS) is 26.1. The number of aryl methyl sites for hydroxylation is 1. The van der Waals surface area contributed by atoms with Crippen LogP contribution in [0.3, 0.4) is 0 Å². The quantitative estimate of drug-likeness (QED) is 0.875. The highest BCUT2D eigenvalue weighted by molar-refractivity contribution is 5.99. The van der Waals surface area contributed by atoms with Crippen molar-refractivity contribution in [2.24, 2.45) is 7.05 Å². The minimum absolute atomic E-state index is 0.00524. The summed E-state index contributed by atoms with van der Waals surface area (Å²) in [5.41, 5.74) is -0.787. The van der Waals surface area contributed by atoms with Gasteiger partial charge in [-0.3, -0.25) is 9.59 Å². The van der Waals surface area contributed by atoms with Crippen LogP contribution in [0.5, 0.6) is 0 Å². The summed E-state index contributed by atoms with van der Waals surface area (Å²) in [7, 11) is 1.93. The molecule has 0 aromatic carbocycles. The summed E-state index contributed by atoms with van der Waals surface area (Å²) >= 11 is 0. The predicted molar refractivity (Wildman–Crippen MR) is 79.5 cm³/mol. The Labute approximate surface area is 125 Å². The molecule has 1 N–H and O–H groups in total. The maximum absolute atomic E-state index is 12.7. The molecule has 2 rings (SSSR count). The number of aromatic nitrogens is 2. The summed E-state index contributed by atoms with van der Waals surface area (Å²) in [6.45, 7) is 6.17. The van der Waals surface area contributed by atoms with Crippen LogP contribution in [0.15, 0.2) is 12.4 Å². The summed E-state index contributed by atoms with van der Waals surface area (Å²) in [4.78, 5) is 31.0. The minimum atomic E-state index is -0.787. The molecule has 0 saturated carbocycles. The lowest BCUT2D eigenvalue weighted by Crippen LogP contribution is -2.69. The number of hydrogen-bond donors (Lipinski definition) is 1. The molecule has 0 aliphatic carbocycles. The van der Waals surface area contributed by atoms with E-state index in [4.69, 9.17) is 0 Å². The highest BCUT2D eigenvalue weighted by atomic mass is 16.2. The maximum Gasteiger partial charge on any atom is 0.248 e. The van der Waals surface area contributed by atoms with E-state index in [1.54, 1.807) is 18.0 Å². The van der Waals surface area contributed by atoms with Gasteiger partial charge >= 0.3 is 0 Å². The molecule has 116 valence electrons. The largest absolute Gasteiger partial charge is 0.340 e. The van der Waals surface area contributed by atoms with Crippen molar-refractivity contribution in [2.45, 2.75) is 51.6 Å². The Kier molecular flexibility index (Phi) is 4.34. The molecule has 1 aliphatic rings. The molecule has 2 unspecified atom stereocenters. The third kappa shape index (κ3) is 2.80. The van der Waals surface area contributed by atoms with Crippen LogP contribution in [0.2, 0.25) is 0 Å². The van der Waals surface area contributed by atoms with Gasteiger partial charge in [-0.05, 0) is 19.8 Å². The standard InChI is InChI=1S/C15H24N4O2/c1-5-11-13(20)17-15(3,6-2)14(21)19(11)9-7-12-16-8-10-18(12)4/h8,10-11H,5-7,9H2,1-4H3,(H,17,20). The molecule has 0 bridgehead atoms. The molecule has 1 fully saturated rings.